The fourth-order valence-corrected chi connectivity index (χ4v) is 2.56. The maximum atomic E-state index is 12.2. The minimum Gasteiger partial charge on any atom is -0.550 e. The molecule has 1 N–H and O–H groups in total. The van der Waals surface area contributed by atoms with Gasteiger partial charge in [-0.2, -0.15) is 0 Å². The van der Waals surface area contributed by atoms with E-state index in [-0.39, 0.29) is 5.91 Å². The number of carboxylic acid groups (broad SMARTS) is 1. The number of carbonyl (C=O) groups excluding carboxylic acids is 2. The topological polar surface area (TPSA) is 91.3 Å². The van der Waals surface area contributed by atoms with Crippen LogP contribution in [0.5, 0.6) is 0 Å². The van der Waals surface area contributed by atoms with Crippen molar-refractivity contribution in [1.29, 1.82) is 0 Å². The molecule has 0 radical (unpaired) electrons. The van der Waals surface area contributed by atoms with Crippen LogP contribution in [0.3, 0.4) is 0 Å². The van der Waals surface area contributed by atoms with Crippen molar-refractivity contribution in [2.24, 2.45) is 11.8 Å². The molecule has 3 heterocycles. The molecule has 1 aromatic heterocycles. The van der Waals surface area contributed by atoms with Crippen LogP contribution in [0.2, 0.25) is 0 Å². The number of hydrogen-bond acceptors (Lipinski definition) is 5. The third-order valence-electron chi connectivity index (χ3n) is 3.40. The number of aliphatic carboxylic acids is 1. The maximum Gasteiger partial charge on any atom is 0.231 e. The van der Waals surface area contributed by atoms with Crippen LogP contribution in [-0.4, -0.2) is 29.1 Å². The van der Waals surface area contributed by atoms with Crippen LogP contribution in [0.4, 0.5) is 5.69 Å². The van der Waals surface area contributed by atoms with Gasteiger partial charge in [-0.15, -0.1) is 0 Å². The Kier molecular flexibility index (Phi) is 2.79. The number of rotatable bonds is 3. The molecule has 0 spiro atoms. The third kappa shape index (κ3) is 2.00. The summed E-state index contributed by atoms with van der Waals surface area (Å²) in [5.74, 6) is -3.35. The fourth-order valence-electron chi connectivity index (χ4n) is 2.56. The smallest absolute Gasteiger partial charge is 0.231 e. The predicted molar refractivity (Wildman–Crippen MR) is 62.7 cm³/mol. The molecule has 6 nitrogen and oxygen atoms in total. The highest BCUT2D eigenvalue weighted by atomic mass is 16.5. The summed E-state index contributed by atoms with van der Waals surface area (Å²) in [7, 11) is 0. The number of hydrogen-bond donors (Lipinski definition) is 1. The number of aromatic nitrogens is 1. The average Bonchev–Trinajstić information content (AvgIpc) is 2.99. The van der Waals surface area contributed by atoms with Crippen LogP contribution >= 0.6 is 0 Å². The number of pyridine rings is 1. The number of carboxylic acids is 1. The van der Waals surface area contributed by atoms with Gasteiger partial charge in [-0.3, -0.25) is 9.78 Å². The quantitative estimate of drug-likeness (QED) is 0.727. The molecule has 98 valence electrons. The number of nitrogens with one attached hydrogen (secondary N) is 1. The average molecular weight is 259 g/mol. The van der Waals surface area contributed by atoms with Crippen molar-refractivity contribution in [2.75, 3.05) is 5.32 Å². The van der Waals surface area contributed by atoms with Crippen LogP contribution in [0.15, 0.2) is 36.7 Å². The molecule has 2 bridgehead atoms. The molecule has 19 heavy (non-hydrogen) atoms. The van der Waals surface area contributed by atoms with Crippen molar-refractivity contribution >= 4 is 17.6 Å². The Balaban J connectivity index is 1.79. The summed E-state index contributed by atoms with van der Waals surface area (Å²) in [5.41, 5.74) is 0.524. The van der Waals surface area contributed by atoms with Crippen molar-refractivity contribution in [2.45, 2.75) is 12.2 Å². The van der Waals surface area contributed by atoms with E-state index in [1.165, 1.54) is 6.20 Å². The zero-order chi connectivity index (χ0) is 13.4. The Labute approximate surface area is 109 Å². The van der Waals surface area contributed by atoms with E-state index in [1.54, 1.807) is 30.5 Å². The second-order valence-corrected chi connectivity index (χ2v) is 4.55. The van der Waals surface area contributed by atoms with E-state index < -0.39 is 30.0 Å². The van der Waals surface area contributed by atoms with Gasteiger partial charge < -0.3 is 20.0 Å². The summed E-state index contributed by atoms with van der Waals surface area (Å²) in [6, 6.07) is 3.37. The molecule has 3 rings (SSSR count). The second kappa shape index (κ2) is 4.47. The lowest BCUT2D eigenvalue weighted by Crippen LogP contribution is -2.45. The maximum absolute atomic E-state index is 12.2. The second-order valence-electron chi connectivity index (χ2n) is 4.55. The largest absolute Gasteiger partial charge is 0.550 e. The molecule has 0 saturated carbocycles. The molecule has 1 amide bonds. The van der Waals surface area contributed by atoms with E-state index in [2.05, 4.69) is 10.3 Å². The summed E-state index contributed by atoms with van der Waals surface area (Å²) in [6.07, 6.45) is 5.40. The van der Waals surface area contributed by atoms with Crippen LogP contribution in [-0.2, 0) is 14.3 Å². The lowest BCUT2D eigenvalue weighted by molar-refractivity contribution is -0.313. The minimum absolute atomic E-state index is 0.390. The fraction of sp³-hybridized carbons (Fsp3) is 0.308. The van der Waals surface area contributed by atoms with Gasteiger partial charge in [0, 0.05) is 18.1 Å². The Morgan fingerprint density at radius 3 is 2.63 bits per heavy atom. The van der Waals surface area contributed by atoms with Gasteiger partial charge in [0.1, 0.15) is 0 Å². The first kappa shape index (κ1) is 11.9. The summed E-state index contributed by atoms with van der Waals surface area (Å²) in [6.45, 7) is 0. The van der Waals surface area contributed by atoms with E-state index in [0.717, 1.165) is 0 Å². The molecule has 0 aliphatic carbocycles. The number of carbonyl (C=O) groups is 2. The molecular formula is C13H11N2O4-. The van der Waals surface area contributed by atoms with Crippen molar-refractivity contribution < 1.29 is 19.4 Å². The van der Waals surface area contributed by atoms with Gasteiger partial charge in [0.05, 0.1) is 30.0 Å². The zero-order valence-corrected chi connectivity index (χ0v) is 9.85. The lowest BCUT2D eigenvalue weighted by atomic mass is 9.82. The highest BCUT2D eigenvalue weighted by Gasteiger charge is 2.50. The highest BCUT2D eigenvalue weighted by Crippen LogP contribution is 2.39. The first-order chi connectivity index (χ1) is 9.16. The Bertz CT molecular complexity index is 543. The number of ether oxygens (including phenoxy) is 1. The van der Waals surface area contributed by atoms with Gasteiger partial charge in [0.2, 0.25) is 5.91 Å². The summed E-state index contributed by atoms with van der Waals surface area (Å²) in [5, 5.41) is 13.8. The van der Waals surface area contributed by atoms with Crippen LogP contribution < -0.4 is 10.4 Å². The Hall–Kier alpha value is -2.21. The molecule has 6 heteroatoms. The van der Waals surface area contributed by atoms with Crippen LogP contribution in [0.1, 0.15) is 0 Å². The van der Waals surface area contributed by atoms with E-state index in [9.17, 15) is 14.7 Å². The molecule has 2 aliphatic heterocycles. The first-order valence-corrected chi connectivity index (χ1v) is 5.92. The molecule has 4 atom stereocenters. The molecule has 0 unspecified atom stereocenters. The molecular weight excluding hydrogens is 248 g/mol. The van der Waals surface area contributed by atoms with E-state index in [0.29, 0.717) is 5.69 Å². The molecule has 0 aromatic carbocycles. The van der Waals surface area contributed by atoms with Crippen molar-refractivity contribution in [1.82, 2.24) is 4.98 Å². The first-order valence-electron chi connectivity index (χ1n) is 5.92. The number of nitrogens with zero attached hydrogens (tertiary/aromatic N) is 1. The standard InChI is InChI=1S/C13H12N2O4/c16-12(15-7-2-1-5-14-6-7)10-8-3-4-9(19-8)11(10)13(17)18/h1-6,8-11H,(H,15,16)(H,17,18)/p-1/t8-,9+,10+,11-/m0/s1. The van der Waals surface area contributed by atoms with Gasteiger partial charge in [-0.05, 0) is 12.1 Å². The van der Waals surface area contributed by atoms with E-state index in [1.807, 2.05) is 0 Å². The summed E-state index contributed by atoms with van der Waals surface area (Å²) in [4.78, 5) is 27.2. The number of anilines is 1. The van der Waals surface area contributed by atoms with Crippen molar-refractivity contribution in [3.63, 3.8) is 0 Å². The van der Waals surface area contributed by atoms with Gasteiger partial charge in [0.25, 0.3) is 0 Å². The van der Waals surface area contributed by atoms with Crippen molar-refractivity contribution in [3.05, 3.63) is 36.7 Å². The van der Waals surface area contributed by atoms with Gasteiger partial charge in [-0.1, -0.05) is 12.2 Å². The molecule has 1 aromatic rings. The van der Waals surface area contributed by atoms with Gasteiger partial charge in [-0.25, -0.2) is 0 Å². The summed E-state index contributed by atoms with van der Waals surface area (Å²) >= 11 is 0. The van der Waals surface area contributed by atoms with Gasteiger partial charge >= 0.3 is 0 Å². The SMILES string of the molecule is O=C([O-])[C@@H]1[C@H](C(=O)Nc2cccnc2)[C@@H]2C=C[C@H]1O2. The number of fused-ring (bicyclic) bond motifs is 2. The highest BCUT2D eigenvalue weighted by molar-refractivity contribution is 5.96. The summed E-state index contributed by atoms with van der Waals surface area (Å²) < 4.78 is 5.41. The van der Waals surface area contributed by atoms with E-state index >= 15 is 0 Å². The molecule has 2 aliphatic rings. The third-order valence-corrected chi connectivity index (χ3v) is 3.40. The lowest BCUT2D eigenvalue weighted by Gasteiger charge is -2.24. The Morgan fingerprint density at radius 2 is 2.00 bits per heavy atom. The molecule has 1 saturated heterocycles. The van der Waals surface area contributed by atoms with Crippen molar-refractivity contribution in [3.8, 4) is 0 Å². The predicted octanol–water partition coefficient (Wildman–Crippen LogP) is -0.660. The normalized spacial score (nSPS) is 31.4. The Morgan fingerprint density at radius 1 is 1.26 bits per heavy atom. The number of amides is 1. The van der Waals surface area contributed by atoms with Crippen LogP contribution in [0, 0.1) is 11.8 Å². The van der Waals surface area contributed by atoms with Crippen LogP contribution in [0.25, 0.3) is 0 Å². The monoisotopic (exact) mass is 259 g/mol. The molecule has 1 fully saturated rings. The van der Waals surface area contributed by atoms with E-state index in [4.69, 9.17) is 4.74 Å². The van der Waals surface area contributed by atoms with Gasteiger partial charge in [0.15, 0.2) is 0 Å². The minimum atomic E-state index is -1.26. The zero-order valence-electron chi connectivity index (χ0n) is 9.85.